The van der Waals surface area contributed by atoms with Crippen LogP contribution in [0.4, 0.5) is 5.69 Å². The van der Waals surface area contributed by atoms with E-state index in [-0.39, 0.29) is 17.2 Å². The topological polar surface area (TPSA) is 122 Å². The lowest BCUT2D eigenvalue weighted by atomic mass is 10.2. The van der Waals surface area contributed by atoms with Gasteiger partial charge in [0.05, 0.1) is 30.2 Å². The Hall–Kier alpha value is -3.40. The highest BCUT2D eigenvalue weighted by molar-refractivity contribution is 7.99. The van der Waals surface area contributed by atoms with Gasteiger partial charge in [-0.3, -0.25) is 4.79 Å². The van der Waals surface area contributed by atoms with Crippen LogP contribution in [0.15, 0.2) is 53.7 Å². The van der Waals surface area contributed by atoms with E-state index in [0.29, 0.717) is 22.3 Å². The maximum Gasteiger partial charge on any atom is 0.234 e. The van der Waals surface area contributed by atoms with Gasteiger partial charge in [0.2, 0.25) is 11.1 Å². The van der Waals surface area contributed by atoms with Crippen LogP contribution in [0.2, 0.25) is 0 Å². The summed E-state index contributed by atoms with van der Waals surface area (Å²) in [4.78, 5) is 23.0. The fourth-order valence-corrected chi connectivity index (χ4v) is 2.92. The number of ether oxygens (including phenoxy) is 1. The summed E-state index contributed by atoms with van der Waals surface area (Å²) in [7, 11) is 1.53. The molecule has 0 unspecified atom stereocenters. The van der Waals surface area contributed by atoms with Crippen LogP contribution in [0, 0.1) is 0 Å². The maximum atomic E-state index is 12.2. The molecule has 0 saturated carbocycles. The van der Waals surface area contributed by atoms with E-state index >= 15 is 0 Å². The van der Waals surface area contributed by atoms with Crippen LogP contribution in [0.3, 0.4) is 0 Å². The largest absolute Gasteiger partial charge is 0.545 e. The number of hydrogen-bond donors (Lipinski definition) is 1. The second kappa shape index (κ2) is 8.32. The number of aromatic carboxylic acids is 1. The standard InChI is InChI=1S/C17H15N5O4S/c1-26-14-5-3-2-4-13(14)18-15(23)10-27-17-19-20-21-22(17)12-8-6-11(7-9-12)16(24)25/h2-9H,10H2,1H3,(H,18,23)(H,24,25)/p-1. The summed E-state index contributed by atoms with van der Waals surface area (Å²) < 4.78 is 6.61. The van der Waals surface area contributed by atoms with Crippen molar-refractivity contribution in [3.05, 3.63) is 54.1 Å². The molecule has 10 heteroatoms. The normalized spacial score (nSPS) is 10.4. The number of benzene rings is 2. The molecule has 0 saturated heterocycles. The second-order valence-corrected chi connectivity index (χ2v) is 6.19. The Kier molecular flexibility index (Phi) is 5.67. The van der Waals surface area contributed by atoms with Crippen molar-refractivity contribution in [2.24, 2.45) is 0 Å². The number of carbonyl (C=O) groups is 2. The minimum atomic E-state index is -1.26. The summed E-state index contributed by atoms with van der Waals surface area (Å²) in [6.07, 6.45) is 0. The van der Waals surface area contributed by atoms with Crippen LogP contribution in [0.1, 0.15) is 10.4 Å². The van der Waals surface area contributed by atoms with Gasteiger partial charge in [0.15, 0.2) is 0 Å². The molecule has 1 aromatic heterocycles. The quantitative estimate of drug-likeness (QED) is 0.593. The molecular formula is C17H14N5O4S-. The first-order chi connectivity index (χ1) is 13.1. The number of para-hydroxylation sites is 2. The van der Waals surface area contributed by atoms with Gasteiger partial charge in [-0.15, -0.1) is 5.10 Å². The number of thioether (sulfide) groups is 1. The Morgan fingerprint density at radius 1 is 1.19 bits per heavy atom. The van der Waals surface area contributed by atoms with Gasteiger partial charge in [0, 0.05) is 0 Å². The third-order valence-electron chi connectivity index (χ3n) is 3.50. The van der Waals surface area contributed by atoms with Gasteiger partial charge in [-0.25, -0.2) is 0 Å². The van der Waals surface area contributed by atoms with Crippen molar-refractivity contribution in [1.82, 2.24) is 20.2 Å². The summed E-state index contributed by atoms with van der Waals surface area (Å²) in [5.74, 6) is -0.865. The molecule has 0 aliphatic heterocycles. The maximum absolute atomic E-state index is 12.2. The minimum Gasteiger partial charge on any atom is -0.545 e. The number of tetrazole rings is 1. The molecular weight excluding hydrogens is 370 g/mol. The SMILES string of the molecule is COc1ccccc1NC(=O)CSc1nnnn1-c1ccc(C(=O)[O-])cc1. The molecule has 1 amide bonds. The van der Waals surface area contributed by atoms with E-state index in [1.807, 2.05) is 6.07 Å². The number of methoxy groups -OCH3 is 1. The summed E-state index contributed by atoms with van der Waals surface area (Å²) in [6, 6.07) is 13.0. The summed E-state index contributed by atoms with van der Waals surface area (Å²) in [5.41, 5.74) is 1.19. The van der Waals surface area contributed by atoms with Crippen LogP contribution < -0.4 is 15.2 Å². The average Bonchev–Trinajstić information content (AvgIpc) is 3.15. The van der Waals surface area contributed by atoms with Crippen molar-refractivity contribution in [3.63, 3.8) is 0 Å². The van der Waals surface area contributed by atoms with E-state index in [1.54, 1.807) is 30.3 Å². The van der Waals surface area contributed by atoms with Crippen LogP contribution in [0.5, 0.6) is 5.75 Å². The average molecular weight is 384 g/mol. The Labute approximate surface area is 158 Å². The molecule has 0 bridgehead atoms. The van der Waals surface area contributed by atoms with Crippen molar-refractivity contribution < 1.29 is 19.4 Å². The number of carbonyl (C=O) groups excluding carboxylic acids is 2. The lowest BCUT2D eigenvalue weighted by Gasteiger charge is -2.09. The number of amides is 1. The number of anilines is 1. The molecule has 0 fully saturated rings. The third kappa shape index (κ3) is 4.42. The van der Waals surface area contributed by atoms with E-state index < -0.39 is 5.97 Å². The third-order valence-corrected chi connectivity index (χ3v) is 4.42. The molecule has 0 atom stereocenters. The molecule has 3 rings (SSSR count). The smallest absolute Gasteiger partial charge is 0.234 e. The molecule has 0 aliphatic rings. The van der Waals surface area contributed by atoms with Crippen molar-refractivity contribution in [3.8, 4) is 11.4 Å². The van der Waals surface area contributed by atoms with Crippen LogP contribution in [0.25, 0.3) is 5.69 Å². The molecule has 1 N–H and O–H groups in total. The minimum absolute atomic E-state index is 0.0530. The number of hydrogen-bond acceptors (Lipinski definition) is 8. The van der Waals surface area contributed by atoms with Gasteiger partial charge in [0.1, 0.15) is 5.75 Å². The second-order valence-electron chi connectivity index (χ2n) is 5.24. The van der Waals surface area contributed by atoms with Gasteiger partial charge in [-0.05, 0) is 40.3 Å². The van der Waals surface area contributed by atoms with Crippen LogP contribution >= 0.6 is 11.8 Å². The number of rotatable bonds is 7. The Bertz CT molecular complexity index is 958. The Morgan fingerprint density at radius 2 is 1.93 bits per heavy atom. The van der Waals surface area contributed by atoms with Crippen molar-refractivity contribution in [2.45, 2.75) is 5.16 Å². The molecule has 3 aromatic rings. The number of nitrogens with zero attached hydrogens (tertiary/aromatic N) is 4. The van der Waals surface area contributed by atoms with E-state index in [2.05, 4.69) is 20.8 Å². The van der Waals surface area contributed by atoms with E-state index in [9.17, 15) is 14.7 Å². The molecule has 27 heavy (non-hydrogen) atoms. The lowest BCUT2D eigenvalue weighted by Crippen LogP contribution is -2.22. The van der Waals surface area contributed by atoms with Gasteiger partial charge in [-0.2, -0.15) is 4.68 Å². The molecule has 0 radical (unpaired) electrons. The van der Waals surface area contributed by atoms with Crippen molar-refractivity contribution in [1.29, 1.82) is 0 Å². The summed E-state index contributed by atoms with van der Waals surface area (Å²) >= 11 is 1.15. The van der Waals surface area contributed by atoms with Gasteiger partial charge < -0.3 is 20.0 Å². The first kappa shape index (κ1) is 18.4. The van der Waals surface area contributed by atoms with Crippen LogP contribution in [-0.2, 0) is 4.79 Å². The number of nitrogens with one attached hydrogen (secondary N) is 1. The molecule has 1 heterocycles. The van der Waals surface area contributed by atoms with Gasteiger partial charge >= 0.3 is 0 Å². The Balaban J connectivity index is 1.66. The molecule has 9 nitrogen and oxygen atoms in total. The highest BCUT2D eigenvalue weighted by atomic mass is 32.2. The van der Waals surface area contributed by atoms with E-state index in [1.165, 1.54) is 23.9 Å². The lowest BCUT2D eigenvalue weighted by molar-refractivity contribution is -0.255. The monoisotopic (exact) mass is 384 g/mol. The summed E-state index contributed by atoms with van der Waals surface area (Å²) in [5, 5.41) is 25.4. The summed E-state index contributed by atoms with van der Waals surface area (Å²) in [6.45, 7) is 0. The predicted molar refractivity (Wildman–Crippen MR) is 95.8 cm³/mol. The fraction of sp³-hybridized carbons (Fsp3) is 0.118. The van der Waals surface area contributed by atoms with E-state index in [0.717, 1.165) is 11.8 Å². The fourth-order valence-electron chi connectivity index (χ4n) is 2.23. The number of carboxylic acids is 1. The van der Waals surface area contributed by atoms with Crippen molar-refractivity contribution >= 4 is 29.3 Å². The Morgan fingerprint density at radius 3 is 2.63 bits per heavy atom. The van der Waals surface area contributed by atoms with Gasteiger partial charge in [-0.1, -0.05) is 36.0 Å². The van der Waals surface area contributed by atoms with Gasteiger partial charge in [0.25, 0.3) is 0 Å². The van der Waals surface area contributed by atoms with Crippen molar-refractivity contribution in [2.75, 3.05) is 18.2 Å². The number of aromatic nitrogens is 4. The highest BCUT2D eigenvalue weighted by Crippen LogP contribution is 2.24. The predicted octanol–water partition coefficient (Wildman–Crippen LogP) is 0.765. The molecule has 0 spiro atoms. The highest BCUT2D eigenvalue weighted by Gasteiger charge is 2.13. The first-order valence-electron chi connectivity index (χ1n) is 7.74. The zero-order valence-electron chi connectivity index (χ0n) is 14.2. The molecule has 0 aliphatic carbocycles. The van der Waals surface area contributed by atoms with E-state index in [4.69, 9.17) is 4.74 Å². The zero-order valence-corrected chi connectivity index (χ0v) is 15.0. The number of carboxylic acid groups (broad SMARTS) is 1. The van der Waals surface area contributed by atoms with Crippen LogP contribution in [-0.4, -0.2) is 44.9 Å². The zero-order chi connectivity index (χ0) is 19.2. The molecule has 2 aromatic carbocycles. The molecule has 138 valence electrons. The first-order valence-corrected chi connectivity index (χ1v) is 8.73.